The summed E-state index contributed by atoms with van der Waals surface area (Å²) in [7, 11) is -3.84. The molecule has 0 fully saturated rings. The Labute approximate surface area is 118 Å². The predicted octanol–water partition coefficient (Wildman–Crippen LogP) is 1.62. The molecule has 1 atom stereocenters. The number of ether oxygens (including phenoxy) is 1. The first-order chi connectivity index (χ1) is 9.40. The van der Waals surface area contributed by atoms with Gasteiger partial charge in [0.1, 0.15) is 11.8 Å². The van der Waals surface area contributed by atoms with Gasteiger partial charge in [0, 0.05) is 0 Å². The van der Waals surface area contributed by atoms with Crippen LogP contribution >= 0.6 is 0 Å². The first-order valence-electron chi connectivity index (χ1n) is 6.38. The topological polar surface area (TPSA) is 92.7 Å². The van der Waals surface area contributed by atoms with Gasteiger partial charge in [0.2, 0.25) is 10.0 Å². The molecule has 6 nitrogen and oxygen atoms in total. The Hall–Kier alpha value is -1.60. The van der Waals surface area contributed by atoms with Crippen molar-refractivity contribution in [2.45, 2.75) is 37.6 Å². The van der Waals surface area contributed by atoms with Crippen LogP contribution in [0.3, 0.4) is 0 Å². The Morgan fingerprint density at radius 2 is 1.90 bits per heavy atom. The van der Waals surface area contributed by atoms with Gasteiger partial charge in [-0.25, -0.2) is 8.42 Å². The van der Waals surface area contributed by atoms with Gasteiger partial charge in [0.15, 0.2) is 0 Å². The molecule has 20 heavy (non-hydrogen) atoms. The SMILES string of the molecule is CCCOc1ccc(S(=O)(=O)N[C@@H](CC)C(=O)O)cc1. The fraction of sp³-hybridized carbons (Fsp3) is 0.462. The second-order valence-corrected chi connectivity index (χ2v) is 5.95. The van der Waals surface area contributed by atoms with Crippen LogP contribution < -0.4 is 9.46 Å². The third-order valence-electron chi connectivity index (χ3n) is 2.61. The van der Waals surface area contributed by atoms with E-state index in [2.05, 4.69) is 4.72 Å². The molecule has 0 saturated heterocycles. The number of sulfonamides is 1. The van der Waals surface area contributed by atoms with Crippen molar-refractivity contribution in [3.05, 3.63) is 24.3 Å². The first kappa shape index (κ1) is 16.5. The minimum Gasteiger partial charge on any atom is -0.494 e. The number of carboxylic acid groups (broad SMARTS) is 1. The molecule has 0 spiro atoms. The van der Waals surface area contributed by atoms with Gasteiger partial charge >= 0.3 is 5.97 Å². The average molecular weight is 301 g/mol. The highest BCUT2D eigenvalue weighted by atomic mass is 32.2. The monoisotopic (exact) mass is 301 g/mol. The van der Waals surface area contributed by atoms with E-state index in [0.29, 0.717) is 12.4 Å². The summed E-state index contributed by atoms with van der Waals surface area (Å²) in [4.78, 5) is 10.9. The Kier molecular flexibility index (Phi) is 5.97. The van der Waals surface area contributed by atoms with E-state index in [-0.39, 0.29) is 11.3 Å². The summed E-state index contributed by atoms with van der Waals surface area (Å²) in [5, 5.41) is 8.88. The summed E-state index contributed by atoms with van der Waals surface area (Å²) in [5.41, 5.74) is 0. The Morgan fingerprint density at radius 1 is 1.30 bits per heavy atom. The van der Waals surface area contributed by atoms with Gasteiger partial charge in [-0.3, -0.25) is 4.79 Å². The largest absolute Gasteiger partial charge is 0.494 e. The molecule has 1 aromatic carbocycles. The van der Waals surface area contributed by atoms with Gasteiger partial charge in [-0.1, -0.05) is 13.8 Å². The van der Waals surface area contributed by atoms with Crippen molar-refractivity contribution < 1.29 is 23.1 Å². The maximum absolute atomic E-state index is 12.0. The third kappa shape index (κ3) is 4.50. The Balaban J connectivity index is 2.84. The van der Waals surface area contributed by atoms with Gasteiger partial charge in [0.25, 0.3) is 0 Å². The Morgan fingerprint density at radius 3 is 2.35 bits per heavy atom. The lowest BCUT2D eigenvalue weighted by molar-refractivity contribution is -0.139. The number of hydrogen-bond donors (Lipinski definition) is 2. The molecule has 2 N–H and O–H groups in total. The zero-order chi connectivity index (χ0) is 15.2. The smallest absolute Gasteiger partial charge is 0.321 e. The van der Waals surface area contributed by atoms with Crippen LogP contribution in [0.4, 0.5) is 0 Å². The summed E-state index contributed by atoms with van der Waals surface area (Å²) in [6, 6.07) is 4.75. The predicted molar refractivity (Wildman–Crippen MR) is 74.3 cm³/mol. The van der Waals surface area contributed by atoms with Crippen LogP contribution in [-0.2, 0) is 14.8 Å². The molecule has 7 heteroatoms. The third-order valence-corrected chi connectivity index (χ3v) is 4.10. The zero-order valence-corrected chi connectivity index (χ0v) is 12.3. The van der Waals surface area contributed by atoms with Gasteiger partial charge in [-0.15, -0.1) is 0 Å². The summed E-state index contributed by atoms with van der Waals surface area (Å²) >= 11 is 0. The molecule has 0 saturated carbocycles. The normalized spacial score (nSPS) is 12.9. The van der Waals surface area contributed by atoms with E-state index in [1.54, 1.807) is 19.1 Å². The fourth-order valence-corrected chi connectivity index (χ4v) is 2.77. The van der Waals surface area contributed by atoms with Crippen LogP contribution in [0, 0.1) is 0 Å². The van der Waals surface area contributed by atoms with Crippen molar-refractivity contribution in [1.29, 1.82) is 0 Å². The van der Waals surface area contributed by atoms with Gasteiger partial charge < -0.3 is 9.84 Å². The van der Waals surface area contributed by atoms with E-state index in [4.69, 9.17) is 9.84 Å². The number of benzene rings is 1. The molecule has 112 valence electrons. The number of nitrogens with one attached hydrogen (secondary N) is 1. The van der Waals surface area contributed by atoms with E-state index in [1.165, 1.54) is 12.1 Å². The lowest BCUT2D eigenvalue weighted by Gasteiger charge is -2.13. The van der Waals surface area contributed by atoms with Crippen molar-refractivity contribution in [1.82, 2.24) is 4.72 Å². The van der Waals surface area contributed by atoms with Crippen LogP contribution in [0.15, 0.2) is 29.2 Å². The van der Waals surface area contributed by atoms with Crippen LogP contribution in [-0.4, -0.2) is 32.1 Å². The quantitative estimate of drug-likeness (QED) is 0.761. The molecule has 0 heterocycles. The van der Waals surface area contributed by atoms with E-state index in [9.17, 15) is 13.2 Å². The molecule has 0 amide bonds. The van der Waals surface area contributed by atoms with Gasteiger partial charge in [0.05, 0.1) is 11.5 Å². The second-order valence-electron chi connectivity index (χ2n) is 4.24. The molecule has 0 aromatic heterocycles. The summed E-state index contributed by atoms with van der Waals surface area (Å²) < 4.78 is 31.5. The Bertz CT molecular complexity index is 538. The average Bonchev–Trinajstić information content (AvgIpc) is 2.42. The molecule has 0 aliphatic heterocycles. The standard InChI is InChI=1S/C13H19NO5S/c1-3-9-19-10-5-7-11(8-6-10)20(17,18)14-12(4-2)13(15)16/h5-8,12,14H,3-4,9H2,1-2H3,(H,15,16)/t12-/m0/s1. The van der Waals surface area contributed by atoms with Crippen LogP contribution in [0.5, 0.6) is 5.75 Å². The summed E-state index contributed by atoms with van der Waals surface area (Å²) in [6.07, 6.45) is 1.03. The number of hydrogen-bond acceptors (Lipinski definition) is 4. The highest BCUT2D eigenvalue weighted by Crippen LogP contribution is 2.16. The molecule has 0 aliphatic carbocycles. The maximum Gasteiger partial charge on any atom is 0.321 e. The fourth-order valence-electron chi connectivity index (χ4n) is 1.50. The van der Waals surface area contributed by atoms with E-state index in [1.807, 2.05) is 6.92 Å². The van der Waals surface area contributed by atoms with E-state index in [0.717, 1.165) is 6.42 Å². The second kappa shape index (κ2) is 7.25. The van der Waals surface area contributed by atoms with E-state index < -0.39 is 22.0 Å². The molecule has 0 bridgehead atoms. The highest BCUT2D eigenvalue weighted by molar-refractivity contribution is 7.89. The minimum atomic E-state index is -3.84. The van der Waals surface area contributed by atoms with Crippen molar-refractivity contribution in [2.24, 2.45) is 0 Å². The molecular weight excluding hydrogens is 282 g/mol. The molecule has 1 rings (SSSR count). The highest BCUT2D eigenvalue weighted by Gasteiger charge is 2.23. The molecule has 1 aromatic rings. The number of rotatable bonds is 8. The van der Waals surface area contributed by atoms with Crippen molar-refractivity contribution in [3.63, 3.8) is 0 Å². The van der Waals surface area contributed by atoms with Crippen LogP contribution in [0.25, 0.3) is 0 Å². The zero-order valence-electron chi connectivity index (χ0n) is 11.5. The van der Waals surface area contributed by atoms with Crippen LogP contribution in [0.2, 0.25) is 0 Å². The molecular formula is C13H19NO5S. The van der Waals surface area contributed by atoms with E-state index >= 15 is 0 Å². The number of aliphatic carboxylic acids is 1. The minimum absolute atomic E-state index is 0.0149. The van der Waals surface area contributed by atoms with Gasteiger partial charge in [-0.05, 0) is 37.1 Å². The van der Waals surface area contributed by atoms with Crippen molar-refractivity contribution >= 4 is 16.0 Å². The van der Waals surface area contributed by atoms with Gasteiger partial charge in [-0.2, -0.15) is 4.72 Å². The first-order valence-corrected chi connectivity index (χ1v) is 7.87. The lowest BCUT2D eigenvalue weighted by atomic mass is 10.2. The van der Waals surface area contributed by atoms with Crippen molar-refractivity contribution in [3.8, 4) is 5.75 Å². The summed E-state index contributed by atoms with van der Waals surface area (Å²) in [6.45, 7) is 4.13. The lowest BCUT2D eigenvalue weighted by Crippen LogP contribution is -2.40. The van der Waals surface area contributed by atoms with Crippen LogP contribution in [0.1, 0.15) is 26.7 Å². The molecule has 0 aliphatic rings. The number of carboxylic acids is 1. The number of carbonyl (C=O) groups is 1. The molecule has 0 radical (unpaired) electrons. The molecule has 0 unspecified atom stereocenters. The maximum atomic E-state index is 12.0. The summed E-state index contributed by atoms with van der Waals surface area (Å²) in [5.74, 6) is -0.616. The van der Waals surface area contributed by atoms with Crippen molar-refractivity contribution in [2.75, 3.05) is 6.61 Å².